The number of halogens is 4. The molecule has 42 heavy (non-hydrogen) atoms. The quantitative estimate of drug-likeness (QED) is 0.208. The third kappa shape index (κ3) is 6.33. The number of aliphatic carboxylic acids is 1. The number of carboxylic acid groups (broad SMARTS) is 1. The van der Waals surface area contributed by atoms with Crippen molar-refractivity contribution in [1.29, 1.82) is 0 Å². The molecule has 214 valence electrons. The number of aryl methyl sites for hydroxylation is 1. The first-order valence-corrected chi connectivity index (χ1v) is 12.7. The summed E-state index contributed by atoms with van der Waals surface area (Å²) in [5.74, 6) is -1.58. The van der Waals surface area contributed by atoms with Gasteiger partial charge in [-0.2, -0.15) is 18.2 Å². The van der Waals surface area contributed by atoms with Crippen LogP contribution in [-0.4, -0.2) is 38.1 Å². The van der Waals surface area contributed by atoms with Crippen LogP contribution in [0.5, 0.6) is 0 Å². The fraction of sp³-hybridized carbons (Fsp3) is 0.138. The Bertz CT molecular complexity index is 1730. The Morgan fingerprint density at radius 3 is 2.12 bits per heavy atom. The second kappa shape index (κ2) is 11.5. The number of carboxylic acids is 1. The van der Waals surface area contributed by atoms with Gasteiger partial charge in [0.15, 0.2) is 11.5 Å². The molecule has 0 aliphatic heterocycles. The summed E-state index contributed by atoms with van der Waals surface area (Å²) < 4.78 is 50.1. The predicted octanol–water partition coefficient (Wildman–Crippen LogP) is 6.46. The zero-order valence-electron chi connectivity index (χ0n) is 21.6. The highest BCUT2D eigenvalue weighted by Gasteiger charge is 2.31. The van der Waals surface area contributed by atoms with Gasteiger partial charge in [0.05, 0.1) is 5.56 Å². The molecule has 2 N–H and O–H groups in total. The monoisotopic (exact) mass is 596 g/mol. The number of amides is 1. The number of nitrogens with zero attached hydrogens (tertiary/aromatic N) is 3. The molecular weight excluding hydrogens is 577 g/mol. The van der Waals surface area contributed by atoms with Gasteiger partial charge in [0, 0.05) is 35.1 Å². The van der Waals surface area contributed by atoms with Gasteiger partial charge in [0.2, 0.25) is 17.6 Å². The van der Waals surface area contributed by atoms with Crippen LogP contribution in [0.25, 0.3) is 34.2 Å². The largest absolute Gasteiger partial charge is 0.480 e. The topological polar surface area (TPSA) is 131 Å². The van der Waals surface area contributed by atoms with Gasteiger partial charge >= 0.3 is 12.1 Å². The number of nitrogens with one attached hydrogen (secondary N) is 1. The van der Waals surface area contributed by atoms with Gasteiger partial charge in [0.1, 0.15) is 6.04 Å². The molecule has 5 rings (SSSR count). The van der Waals surface area contributed by atoms with E-state index in [1.807, 2.05) is 0 Å². The minimum absolute atomic E-state index is 0.0196. The van der Waals surface area contributed by atoms with Crippen molar-refractivity contribution >= 4 is 23.5 Å². The second-order valence-electron chi connectivity index (χ2n) is 9.18. The van der Waals surface area contributed by atoms with Crippen molar-refractivity contribution < 1.29 is 36.8 Å². The number of carbonyl (C=O) groups excluding carboxylic acids is 1. The summed E-state index contributed by atoms with van der Waals surface area (Å²) in [6, 6.07) is 15.8. The Hall–Kier alpha value is -4.97. The summed E-state index contributed by atoms with van der Waals surface area (Å²) in [6.45, 7) is 1.64. The number of hydrogen-bond donors (Lipinski definition) is 2. The van der Waals surface area contributed by atoms with Crippen LogP contribution in [0.4, 0.5) is 13.2 Å². The van der Waals surface area contributed by atoms with E-state index in [0.29, 0.717) is 33.4 Å². The van der Waals surface area contributed by atoms with Gasteiger partial charge in [-0.05, 0) is 42.0 Å². The molecule has 0 saturated heterocycles. The highest BCUT2D eigenvalue weighted by atomic mass is 35.5. The van der Waals surface area contributed by atoms with Crippen molar-refractivity contribution in [2.45, 2.75) is 25.6 Å². The van der Waals surface area contributed by atoms with Crippen LogP contribution in [-0.2, 0) is 17.4 Å². The van der Waals surface area contributed by atoms with Crippen molar-refractivity contribution in [3.8, 4) is 34.2 Å². The second-order valence-corrected chi connectivity index (χ2v) is 9.62. The smallest absolute Gasteiger partial charge is 0.416 e. The fourth-order valence-corrected chi connectivity index (χ4v) is 4.19. The van der Waals surface area contributed by atoms with Crippen molar-refractivity contribution in [1.82, 2.24) is 20.4 Å². The Morgan fingerprint density at radius 2 is 1.55 bits per heavy atom. The van der Waals surface area contributed by atoms with E-state index in [4.69, 9.17) is 20.5 Å². The van der Waals surface area contributed by atoms with Crippen LogP contribution in [0.3, 0.4) is 0 Å². The summed E-state index contributed by atoms with van der Waals surface area (Å²) in [5.41, 5.74) is 0.672. The van der Waals surface area contributed by atoms with Gasteiger partial charge in [-0.3, -0.25) is 4.79 Å². The van der Waals surface area contributed by atoms with Crippen molar-refractivity contribution in [3.05, 3.63) is 101 Å². The molecule has 13 heteroatoms. The lowest BCUT2D eigenvalue weighted by molar-refractivity contribution is -0.139. The van der Waals surface area contributed by atoms with Crippen LogP contribution in [0.15, 0.2) is 81.7 Å². The summed E-state index contributed by atoms with van der Waals surface area (Å²) in [7, 11) is 0. The fourth-order valence-electron chi connectivity index (χ4n) is 4.06. The molecular formula is C29H20ClF3N4O5. The van der Waals surface area contributed by atoms with E-state index >= 15 is 0 Å². The average molecular weight is 597 g/mol. The first-order chi connectivity index (χ1) is 20.0. The van der Waals surface area contributed by atoms with Crippen molar-refractivity contribution in [2.75, 3.05) is 0 Å². The molecule has 1 amide bonds. The molecule has 2 aromatic heterocycles. The zero-order chi connectivity index (χ0) is 30.0. The number of hydrogen-bond acceptors (Lipinski definition) is 7. The first kappa shape index (κ1) is 28.6. The Kier molecular flexibility index (Phi) is 7.81. The minimum Gasteiger partial charge on any atom is -0.480 e. The molecule has 0 aliphatic carbocycles. The number of oxazole rings is 1. The third-order valence-corrected chi connectivity index (χ3v) is 6.44. The molecule has 0 spiro atoms. The molecule has 9 nitrogen and oxygen atoms in total. The summed E-state index contributed by atoms with van der Waals surface area (Å²) in [5, 5.41) is 16.6. The van der Waals surface area contributed by atoms with E-state index in [1.165, 1.54) is 12.1 Å². The van der Waals surface area contributed by atoms with E-state index in [1.54, 1.807) is 55.5 Å². The maximum absolute atomic E-state index is 13.4. The SMILES string of the molecule is Cc1nc(-c2ccc(-c3oc(-c4ccc(C(F)(F)F)cc4)nc3C(=O)N[C@H](Cc3ccc(Cl)cc3)C(=O)O)cc2)no1. The predicted molar refractivity (Wildman–Crippen MR) is 144 cm³/mol. The maximum Gasteiger partial charge on any atom is 0.416 e. The van der Waals surface area contributed by atoms with Crippen LogP contribution < -0.4 is 5.32 Å². The van der Waals surface area contributed by atoms with Gasteiger partial charge < -0.3 is 19.4 Å². The Morgan fingerprint density at radius 1 is 0.929 bits per heavy atom. The molecule has 0 bridgehead atoms. The van der Waals surface area contributed by atoms with Gasteiger partial charge in [-0.1, -0.05) is 53.2 Å². The first-order valence-electron chi connectivity index (χ1n) is 12.4. The number of rotatable bonds is 8. The zero-order valence-corrected chi connectivity index (χ0v) is 22.4. The van der Waals surface area contributed by atoms with Crippen molar-refractivity contribution in [2.24, 2.45) is 0 Å². The average Bonchev–Trinajstić information content (AvgIpc) is 3.60. The number of benzene rings is 3. The van der Waals surface area contributed by atoms with E-state index < -0.39 is 29.7 Å². The van der Waals surface area contributed by atoms with Crippen LogP contribution in [0.2, 0.25) is 5.02 Å². The van der Waals surface area contributed by atoms with E-state index in [-0.39, 0.29) is 29.3 Å². The molecule has 0 radical (unpaired) electrons. The molecule has 0 aliphatic rings. The number of alkyl halides is 3. The lowest BCUT2D eigenvalue weighted by atomic mass is 10.0. The lowest BCUT2D eigenvalue weighted by Gasteiger charge is -2.14. The molecule has 1 atom stereocenters. The molecule has 0 unspecified atom stereocenters. The molecule has 5 aromatic rings. The summed E-state index contributed by atoms with van der Waals surface area (Å²) in [6.07, 6.45) is -4.59. The number of aromatic nitrogens is 3. The van der Waals surface area contributed by atoms with E-state index in [0.717, 1.165) is 12.1 Å². The van der Waals surface area contributed by atoms with E-state index in [9.17, 15) is 27.9 Å². The molecule has 0 saturated carbocycles. The minimum atomic E-state index is -4.54. The van der Waals surface area contributed by atoms with Gasteiger partial charge in [-0.25, -0.2) is 9.78 Å². The summed E-state index contributed by atoms with van der Waals surface area (Å²) >= 11 is 5.91. The van der Waals surface area contributed by atoms with Crippen LogP contribution >= 0.6 is 11.6 Å². The lowest BCUT2D eigenvalue weighted by Crippen LogP contribution is -2.42. The normalized spacial score (nSPS) is 12.2. The molecule has 3 aromatic carbocycles. The molecule has 2 heterocycles. The van der Waals surface area contributed by atoms with Gasteiger partial charge in [0.25, 0.3) is 5.91 Å². The summed E-state index contributed by atoms with van der Waals surface area (Å²) in [4.78, 5) is 33.8. The maximum atomic E-state index is 13.4. The third-order valence-electron chi connectivity index (χ3n) is 6.19. The van der Waals surface area contributed by atoms with Gasteiger partial charge in [-0.15, -0.1) is 0 Å². The Labute approximate surface area is 241 Å². The number of carbonyl (C=O) groups is 2. The van der Waals surface area contributed by atoms with Crippen LogP contribution in [0, 0.1) is 6.92 Å². The highest BCUT2D eigenvalue weighted by molar-refractivity contribution is 6.30. The van der Waals surface area contributed by atoms with Crippen LogP contribution in [0.1, 0.15) is 27.5 Å². The highest BCUT2D eigenvalue weighted by Crippen LogP contribution is 2.34. The molecule has 0 fully saturated rings. The Balaban J connectivity index is 1.50. The van der Waals surface area contributed by atoms with Crippen molar-refractivity contribution in [3.63, 3.8) is 0 Å². The van der Waals surface area contributed by atoms with E-state index in [2.05, 4.69) is 20.4 Å². The standard InChI is InChI=1S/C29H20ClF3N4O5/c1-15-34-25(37-42-15)18-6-4-17(5-7-18)24-23(36-27(41-24)19-8-10-20(11-9-19)29(31,32)33)26(38)35-22(28(39)40)14-16-2-12-21(30)13-3-16/h2-13,22H,14H2,1H3,(H,35,38)(H,39,40)/t22-/m1/s1.